The summed E-state index contributed by atoms with van der Waals surface area (Å²) in [7, 11) is 0. The summed E-state index contributed by atoms with van der Waals surface area (Å²) in [6.45, 7) is 3.50. The Balaban J connectivity index is 2.26. The maximum Gasteiger partial charge on any atom is 0.148 e. The molecule has 0 bridgehead atoms. The zero-order chi connectivity index (χ0) is 12.3. The first kappa shape index (κ1) is 11.9. The third-order valence-electron chi connectivity index (χ3n) is 2.41. The number of nitrogens with zero attached hydrogens (tertiary/aromatic N) is 3. The average molecular weight is 297 g/mol. The lowest BCUT2D eigenvalue weighted by Gasteiger charge is -2.21. The fourth-order valence-corrected chi connectivity index (χ4v) is 1.98. The number of furan rings is 1. The van der Waals surface area contributed by atoms with E-state index in [9.17, 15) is 0 Å². The van der Waals surface area contributed by atoms with Crippen molar-refractivity contribution >= 4 is 27.6 Å². The first-order chi connectivity index (χ1) is 8.22. The number of anilines is 2. The van der Waals surface area contributed by atoms with Crippen LogP contribution in [0.2, 0.25) is 0 Å². The molecule has 2 rings (SSSR count). The lowest BCUT2D eigenvalue weighted by molar-refractivity contribution is 0.502. The Morgan fingerprint density at radius 2 is 2.29 bits per heavy atom. The van der Waals surface area contributed by atoms with Gasteiger partial charge in [0.05, 0.1) is 12.8 Å². The van der Waals surface area contributed by atoms with E-state index in [1.165, 1.54) is 6.33 Å². The van der Waals surface area contributed by atoms with Gasteiger partial charge < -0.3 is 15.1 Å². The van der Waals surface area contributed by atoms with E-state index in [1.54, 1.807) is 6.26 Å². The zero-order valence-electron chi connectivity index (χ0n) is 9.43. The van der Waals surface area contributed by atoms with Crippen molar-refractivity contribution in [3.05, 3.63) is 35.0 Å². The van der Waals surface area contributed by atoms with E-state index in [4.69, 9.17) is 10.2 Å². The number of halogens is 1. The molecule has 0 unspecified atom stereocenters. The van der Waals surface area contributed by atoms with Gasteiger partial charge in [0.2, 0.25) is 0 Å². The second kappa shape index (κ2) is 5.18. The number of nitrogen functional groups attached to an aromatic ring is 1. The van der Waals surface area contributed by atoms with Gasteiger partial charge in [-0.2, -0.15) is 0 Å². The molecule has 2 heterocycles. The fraction of sp³-hybridized carbons (Fsp3) is 0.273. The summed E-state index contributed by atoms with van der Waals surface area (Å²) in [5.74, 6) is 2.10. The fourth-order valence-electron chi connectivity index (χ4n) is 1.52. The van der Waals surface area contributed by atoms with Crippen molar-refractivity contribution < 1.29 is 4.42 Å². The van der Waals surface area contributed by atoms with E-state index in [0.717, 1.165) is 18.1 Å². The molecule has 2 N–H and O–H groups in total. The van der Waals surface area contributed by atoms with Crippen molar-refractivity contribution in [3.8, 4) is 0 Å². The molecule has 0 aliphatic carbocycles. The van der Waals surface area contributed by atoms with Gasteiger partial charge in [0.25, 0.3) is 0 Å². The Bertz CT molecular complexity index is 486. The van der Waals surface area contributed by atoms with Gasteiger partial charge in [-0.05, 0) is 35.0 Å². The molecule has 0 spiro atoms. The largest absolute Gasteiger partial charge is 0.467 e. The molecule has 6 heteroatoms. The van der Waals surface area contributed by atoms with Crippen LogP contribution in [0.25, 0.3) is 0 Å². The van der Waals surface area contributed by atoms with Gasteiger partial charge >= 0.3 is 0 Å². The topological polar surface area (TPSA) is 68.2 Å². The predicted octanol–water partition coefficient (Wildman–Crippen LogP) is 2.44. The van der Waals surface area contributed by atoms with E-state index in [2.05, 4.69) is 30.8 Å². The van der Waals surface area contributed by atoms with Crippen molar-refractivity contribution in [3.63, 3.8) is 0 Å². The van der Waals surface area contributed by atoms with Gasteiger partial charge in [0.15, 0.2) is 0 Å². The van der Waals surface area contributed by atoms with E-state index < -0.39 is 0 Å². The van der Waals surface area contributed by atoms with Gasteiger partial charge in [-0.25, -0.2) is 9.97 Å². The summed E-state index contributed by atoms with van der Waals surface area (Å²) >= 11 is 3.40. The van der Waals surface area contributed by atoms with E-state index in [-0.39, 0.29) is 0 Å². The molecule has 0 fully saturated rings. The Kier molecular flexibility index (Phi) is 3.63. The molecule has 0 atom stereocenters. The molecular formula is C11H13BrN4O. The third kappa shape index (κ3) is 2.58. The van der Waals surface area contributed by atoms with E-state index in [1.807, 2.05) is 19.1 Å². The molecule has 2 aromatic rings. The lowest BCUT2D eigenvalue weighted by Crippen LogP contribution is -2.23. The quantitative estimate of drug-likeness (QED) is 0.938. The molecule has 0 aliphatic rings. The molecular weight excluding hydrogens is 284 g/mol. The highest BCUT2D eigenvalue weighted by atomic mass is 79.9. The van der Waals surface area contributed by atoms with Crippen LogP contribution in [0.15, 0.2) is 33.6 Å². The Morgan fingerprint density at radius 3 is 2.94 bits per heavy atom. The molecule has 5 nitrogen and oxygen atoms in total. The SMILES string of the molecule is CCN(Cc1ccco1)c1ncnc(N)c1Br. The first-order valence-corrected chi connectivity index (χ1v) is 6.05. The molecule has 2 aromatic heterocycles. The van der Waals surface area contributed by atoms with Crippen LogP contribution in [0.4, 0.5) is 11.6 Å². The number of rotatable bonds is 4. The average Bonchev–Trinajstić information content (AvgIpc) is 2.83. The van der Waals surface area contributed by atoms with Crippen LogP contribution < -0.4 is 10.6 Å². The van der Waals surface area contributed by atoms with Gasteiger partial charge in [-0.1, -0.05) is 0 Å². The molecule has 0 aliphatic heterocycles. The highest BCUT2D eigenvalue weighted by Gasteiger charge is 2.14. The van der Waals surface area contributed by atoms with Crippen molar-refractivity contribution in [1.82, 2.24) is 9.97 Å². The summed E-state index contributed by atoms with van der Waals surface area (Å²) in [4.78, 5) is 10.2. The van der Waals surface area contributed by atoms with Crippen LogP contribution in [0.1, 0.15) is 12.7 Å². The van der Waals surface area contributed by atoms with Crippen LogP contribution in [0.5, 0.6) is 0 Å². The van der Waals surface area contributed by atoms with Crippen molar-refractivity contribution in [2.45, 2.75) is 13.5 Å². The summed E-state index contributed by atoms with van der Waals surface area (Å²) in [5.41, 5.74) is 5.74. The smallest absolute Gasteiger partial charge is 0.148 e. The van der Waals surface area contributed by atoms with Crippen molar-refractivity contribution in [1.29, 1.82) is 0 Å². The molecule has 0 saturated heterocycles. The minimum atomic E-state index is 0.438. The van der Waals surface area contributed by atoms with Crippen molar-refractivity contribution in [2.24, 2.45) is 0 Å². The Hall–Kier alpha value is -1.56. The Labute approximate surface area is 108 Å². The molecule has 0 amide bonds. The lowest BCUT2D eigenvalue weighted by atomic mass is 10.3. The maximum absolute atomic E-state index is 5.74. The van der Waals surface area contributed by atoms with E-state index >= 15 is 0 Å². The van der Waals surface area contributed by atoms with Crippen LogP contribution in [-0.4, -0.2) is 16.5 Å². The number of aromatic nitrogens is 2. The van der Waals surface area contributed by atoms with Gasteiger partial charge in [0.1, 0.15) is 28.2 Å². The molecule has 0 saturated carbocycles. The third-order valence-corrected chi connectivity index (χ3v) is 3.17. The summed E-state index contributed by atoms with van der Waals surface area (Å²) in [5, 5.41) is 0. The molecule has 0 aromatic carbocycles. The summed E-state index contributed by atoms with van der Waals surface area (Å²) < 4.78 is 6.04. The summed E-state index contributed by atoms with van der Waals surface area (Å²) in [6, 6.07) is 3.80. The standard InChI is InChI=1S/C11H13BrN4O/c1-2-16(6-8-4-3-5-17-8)11-9(12)10(13)14-7-15-11/h3-5,7H,2,6H2,1H3,(H2,13,14,15). The summed E-state index contributed by atoms with van der Waals surface area (Å²) in [6.07, 6.45) is 3.12. The Morgan fingerprint density at radius 1 is 1.47 bits per heavy atom. The highest BCUT2D eigenvalue weighted by Crippen LogP contribution is 2.28. The molecule has 0 radical (unpaired) electrons. The van der Waals surface area contributed by atoms with Gasteiger partial charge in [-0.15, -0.1) is 0 Å². The van der Waals surface area contributed by atoms with E-state index in [0.29, 0.717) is 16.8 Å². The number of hydrogen-bond acceptors (Lipinski definition) is 5. The normalized spacial score (nSPS) is 10.5. The zero-order valence-corrected chi connectivity index (χ0v) is 11.0. The highest BCUT2D eigenvalue weighted by molar-refractivity contribution is 9.10. The minimum absolute atomic E-state index is 0.438. The second-order valence-electron chi connectivity index (χ2n) is 3.49. The second-order valence-corrected chi connectivity index (χ2v) is 4.28. The molecule has 17 heavy (non-hydrogen) atoms. The van der Waals surface area contributed by atoms with Crippen molar-refractivity contribution in [2.75, 3.05) is 17.2 Å². The van der Waals surface area contributed by atoms with Gasteiger partial charge in [0, 0.05) is 6.54 Å². The number of nitrogens with two attached hydrogens (primary N) is 1. The van der Waals surface area contributed by atoms with Crippen LogP contribution in [-0.2, 0) is 6.54 Å². The maximum atomic E-state index is 5.74. The van der Waals surface area contributed by atoms with Crippen LogP contribution in [0.3, 0.4) is 0 Å². The minimum Gasteiger partial charge on any atom is -0.467 e. The number of hydrogen-bond donors (Lipinski definition) is 1. The first-order valence-electron chi connectivity index (χ1n) is 5.25. The van der Waals surface area contributed by atoms with Gasteiger partial charge in [-0.3, -0.25) is 0 Å². The molecule has 90 valence electrons. The van der Waals surface area contributed by atoms with Crippen LogP contribution in [0, 0.1) is 0 Å². The monoisotopic (exact) mass is 296 g/mol. The van der Waals surface area contributed by atoms with Crippen LogP contribution >= 0.6 is 15.9 Å². The predicted molar refractivity (Wildman–Crippen MR) is 69.6 cm³/mol.